The van der Waals surface area contributed by atoms with Crippen molar-refractivity contribution in [3.8, 4) is 0 Å². The maximum atomic E-state index is 12.7. The number of carbonyl (C=O) groups excluding carboxylic acids is 2. The Hall–Kier alpha value is -2.54. The number of piperazine rings is 1. The summed E-state index contributed by atoms with van der Waals surface area (Å²) in [6, 6.07) is 7.47. The van der Waals surface area contributed by atoms with Crippen LogP contribution in [0.4, 0.5) is 4.79 Å². The number of hydrogen-bond donors (Lipinski definition) is 3. The lowest BCUT2D eigenvalue weighted by Crippen LogP contribution is -2.57. The summed E-state index contributed by atoms with van der Waals surface area (Å²) in [5.74, 6) is -0.0423. The van der Waals surface area contributed by atoms with Gasteiger partial charge < -0.3 is 25.8 Å². The first-order valence-electron chi connectivity index (χ1n) is 8.27. The summed E-state index contributed by atoms with van der Waals surface area (Å²) >= 11 is 0. The van der Waals surface area contributed by atoms with E-state index in [2.05, 4.69) is 10.3 Å². The van der Waals surface area contributed by atoms with Gasteiger partial charge in [0.15, 0.2) is 0 Å². The van der Waals surface area contributed by atoms with Crippen molar-refractivity contribution < 1.29 is 9.59 Å². The van der Waals surface area contributed by atoms with Crippen molar-refractivity contribution in [2.75, 3.05) is 26.2 Å². The van der Waals surface area contributed by atoms with E-state index in [0.717, 1.165) is 16.5 Å². The van der Waals surface area contributed by atoms with Crippen molar-refractivity contribution in [1.29, 1.82) is 0 Å². The summed E-state index contributed by atoms with van der Waals surface area (Å²) in [4.78, 5) is 31.1. The number of urea groups is 1. The van der Waals surface area contributed by atoms with E-state index in [-0.39, 0.29) is 18.0 Å². The van der Waals surface area contributed by atoms with Crippen LogP contribution in [0.1, 0.15) is 5.56 Å². The number of aromatic amines is 1. The van der Waals surface area contributed by atoms with Crippen molar-refractivity contribution in [1.82, 2.24) is 20.1 Å². The molecular weight excluding hydrogens is 306 g/mol. The molecule has 0 bridgehead atoms. The Morgan fingerprint density at radius 1 is 1.33 bits per heavy atom. The van der Waals surface area contributed by atoms with E-state index in [4.69, 9.17) is 5.73 Å². The second-order valence-electron chi connectivity index (χ2n) is 6.49. The number of nitrogens with one attached hydrogen (secondary N) is 2. The van der Waals surface area contributed by atoms with Gasteiger partial charge in [-0.15, -0.1) is 0 Å². The Morgan fingerprint density at radius 2 is 2.17 bits per heavy atom. The first-order valence-corrected chi connectivity index (χ1v) is 8.27. The largest absolute Gasteiger partial charge is 0.361 e. The minimum atomic E-state index is -0.569. The highest BCUT2D eigenvalue weighted by Crippen LogP contribution is 2.20. The molecule has 2 aliphatic heterocycles. The Bertz CT molecular complexity index is 786. The van der Waals surface area contributed by atoms with Crippen LogP contribution < -0.4 is 11.1 Å². The quantitative estimate of drug-likeness (QED) is 0.755. The van der Waals surface area contributed by atoms with E-state index in [9.17, 15) is 9.59 Å². The van der Waals surface area contributed by atoms with Crippen LogP contribution in [0.25, 0.3) is 10.9 Å². The average Bonchev–Trinajstić information content (AvgIpc) is 3.18. The first kappa shape index (κ1) is 15.0. The lowest BCUT2D eigenvalue weighted by Gasteiger charge is -2.37. The van der Waals surface area contributed by atoms with E-state index in [0.29, 0.717) is 32.6 Å². The molecule has 126 valence electrons. The number of fused-ring (bicyclic) bond motifs is 2. The van der Waals surface area contributed by atoms with Gasteiger partial charge in [-0.1, -0.05) is 18.2 Å². The molecule has 3 amide bonds. The SMILES string of the molecule is N[C@@H](Cc1c[nH]c2ccccc12)C(=O)N1CCN2C(=O)NCC2C1. The highest BCUT2D eigenvalue weighted by atomic mass is 16.2. The lowest BCUT2D eigenvalue weighted by atomic mass is 10.0. The molecule has 2 aliphatic rings. The topological polar surface area (TPSA) is 94.5 Å². The van der Waals surface area contributed by atoms with Crippen LogP contribution in [0, 0.1) is 0 Å². The number of nitrogens with zero attached hydrogens (tertiary/aromatic N) is 2. The molecule has 1 unspecified atom stereocenters. The van der Waals surface area contributed by atoms with Gasteiger partial charge in [-0.05, 0) is 18.1 Å². The molecule has 24 heavy (non-hydrogen) atoms. The molecule has 0 saturated carbocycles. The van der Waals surface area contributed by atoms with Crippen LogP contribution in [0.2, 0.25) is 0 Å². The minimum absolute atomic E-state index is 0.0322. The van der Waals surface area contributed by atoms with Gasteiger partial charge >= 0.3 is 6.03 Å². The summed E-state index contributed by atoms with van der Waals surface area (Å²) in [6.07, 6.45) is 2.43. The average molecular weight is 327 g/mol. The van der Waals surface area contributed by atoms with Crippen molar-refractivity contribution in [2.45, 2.75) is 18.5 Å². The standard InChI is InChI=1S/C17H21N5O2/c18-14(7-11-8-19-15-4-2-1-3-13(11)15)16(23)21-5-6-22-12(10-21)9-20-17(22)24/h1-4,8,12,14,19H,5-7,9-10,18H2,(H,20,24)/t12?,14-/m0/s1. The lowest BCUT2D eigenvalue weighted by molar-refractivity contribution is -0.134. The second-order valence-corrected chi connectivity index (χ2v) is 6.49. The normalized spacial score (nSPS) is 21.7. The van der Waals surface area contributed by atoms with Gasteiger partial charge in [-0.2, -0.15) is 0 Å². The molecule has 4 rings (SSSR count). The maximum absolute atomic E-state index is 12.7. The van der Waals surface area contributed by atoms with Crippen molar-refractivity contribution in [2.24, 2.45) is 5.73 Å². The zero-order valence-corrected chi connectivity index (χ0v) is 13.4. The fraction of sp³-hybridized carbons (Fsp3) is 0.412. The predicted octanol–water partition coefficient (Wildman–Crippen LogP) is 0.274. The number of para-hydroxylation sites is 1. The summed E-state index contributed by atoms with van der Waals surface area (Å²) in [5.41, 5.74) is 8.30. The molecule has 2 atom stereocenters. The monoisotopic (exact) mass is 327 g/mol. The number of H-pyrrole nitrogens is 1. The molecule has 0 spiro atoms. The van der Waals surface area contributed by atoms with Gasteiger partial charge in [0.2, 0.25) is 5.91 Å². The molecule has 7 heteroatoms. The minimum Gasteiger partial charge on any atom is -0.361 e. The number of hydrogen-bond acceptors (Lipinski definition) is 3. The smallest absolute Gasteiger partial charge is 0.317 e. The number of nitrogens with two attached hydrogens (primary N) is 1. The number of aromatic nitrogens is 1. The molecular formula is C17H21N5O2. The van der Waals surface area contributed by atoms with Crippen molar-refractivity contribution in [3.05, 3.63) is 36.0 Å². The Kier molecular flexibility index (Phi) is 3.65. The number of amides is 3. The highest BCUT2D eigenvalue weighted by molar-refractivity contribution is 5.86. The molecule has 3 heterocycles. The van der Waals surface area contributed by atoms with Crippen LogP contribution in [0.5, 0.6) is 0 Å². The number of rotatable bonds is 3. The fourth-order valence-electron chi connectivity index (χ4n) is 3.66. The summed E-state index contributed by atoms with van der Waals surface area (Å²) in [5, 5.41) is 3.93. The van der Waals surface area contributed by atoms with E-state index < -0.39 is 6.04 Å². The molecule has 4 N–H and O–H groups in total. The van der Waals surface area contributed by atoms with Crippen LogP contribution in [0.15, 0.2) is 30.5 Å². The summed E-state index contributed by atoms with van der Waals surface area (Å²) in [7, 11) is 0. The van der Waals surface area contributed by atoms with Crippen LogP contribution in [0.3, 0.4) is 0 Å². The maximum Gasteiger partial charge on any atom is 0.317 e. The third-order valence-corrected chi connectivity index (χ3v) is 4.98. The van der Waals surface area contributed by atoms with Crippen LogP contribution >= 0.6 is 0 Å². The Balaban J connectivity index is 1.44. The van der Waals surface area contributed by atoms with E-state index >= 15 is 0 Å². The summed E-state index contributed by atoms with van der Waals surface area (Å²) < 4.78 is 0. The molecule has 1 aromatic carbocycles. The zero-order valence-electron chi connectivity index (χ0n) is 13.4. The van der Waals surface area contributed by atoms with Gasteiger partial charge in [-0.25, -0.2) is 4.79 Å². The van der Waals surface area contributed by atoms with Gasteiger partial charge in [0.05, 0.1) is 12.1 Å². The van der Waals surface area contributed by atoms with Gasteiger partial charge in [0, 0.05) is 43.3 Å². The molecule has 7 nitrogen and oxygen atoms in total. The molecule has 2 saturated heterocycles. The fourth-order valence-corrected chi connectivity index (χ4v) is 3.66. The second kappa shape index (κ2) is 5.83. The molecule has 2 fully saturated rings. The van der Waals surface area contributed by atoms with Gasteiger partial charge in [0.25, 0.3) is 0 Å². The zero-order chi connectivity index (χ0) is 16.7. The summed E-state index contributed by atoms with van der Waals surface area (Å²) in [6.45, 7) is 2.27. The molecule has 1 aromatic heterocycles. The van der Waals surface area contributed by atoms with Crippen molar-refractivity contribution in [3.63, 3.8) is 0 Å². The Morgan fingerprint density at radius 3 is 3.04 bits per heavy atom. The van der Waals surface area contributed by atoms with E-state index in [1.165, 1.54) is 0 Å². The predicted molar refractivity (Wildman–Crippen MR) is 90.5 cm³/mol. The van der Waals surface area contributed by atoms with Gasteiger partial charge in [0.1, 0.15) is 0 Å². The van der Waals surface area contributed by atoms with Crippen LogP contribution in [-0.4, -0.2) is 65.0 Å². The molecule has 0 radical (unpaired) electrons. The number of benzene rings is 1. The molecule has 2 aromatic rings. The van der Waals surface area contributed by atoms with E-state index in [1.54, 1.807) is 9.80 Å². The van der Waals surface area contributed by atoms with Gasteiger partial charge in [-0.3, -0.25) is 4.79 Å². The number of carbonyl (C=O) groups is 2. The first-order chi connectivity index (χ1) is 11.6. The van der Waals surface area contributed by atoms with Crippen molar-refractivity contribution >= 4 is 22.8 Å². The Labute approximate surface area is 139 Å². The highest BCUT2D eigenvalue weighted by Gasteiger charge is 2.37. The third-order valence-electron chi connectivity index (χ3n) is 4.98. The third kappa shape index (κ3) is 2.50. The molecule has 0 aliphatic carbocycles. The van der Waals surface area contributed by atoms with Crippen LogP contribution in [-0.2, 0) is 11.2 Å². The van der Waals surface area contributed by atoms with E-state index in [1.807, 2.05) is 30.5 Å².